The molecule has 2 rings (SSSR count). The minimum absolute atomic E-state index is 0.0457. The van der Waals surface area contributed by atoms with Crippen LogP contribution in [0.2, 0.25) is 0 Å². The van der Waals surface area contributed by atoms with Gasteiger partial charge in [-0.1, -0.05) is 12.1 Å². The summed E-state index contributed by atoms with van der Waals surface area (Å²) in [7, 11) is 1.57. The van der Waals surface area contributed by atoms with Crippen LogP contribution in [0.4, 0.5) is 8.78 Å². The van der Waals surface area contributed by atoms with Crippen molar-refractivity contribution in [1.82, 2.24) is 10.6 Å². The highest BCUT2D eigenvalue weighted by Crippen LogP contribution is 2.11. The second-order valence-corrected chi connectivity index (χ2v) is 5.25. The van der Waals surface area contributed by atoms with Crippen LogP contribution in [0.15, 0.2) is 42.5 Å². The summed E-state index contributed by atoms with van der Waals surface area (Å²) in [5, 5.41) is 5.14. The first kappa shape index (κ1) is 18.4. The Labute approximate surface area is 144 Å². The van der Waals surface area contributed by atoms with Crippen molar-refractivity contribution in [3.8, 4) is 5.75 Å². The number of hydrogen-bond donors (Lipinski definition) is 2. The summed E-state index contributed by atoms with van der Waals surface area (Å²) in [4.78, 5) is 23.5. The molecule has 0 aliphatic rings. The van der Waals surface area contributed by atoms with E-state index in [4.69, 9.17) is 4.74 Å². The molecule has 2 N–H and O–H groups in total. The van der Waals surface area contributed by atoms with Gasteiger partial charge in [0.2, 0.25) is 5.91 Å². The highest BCUT2D eigenvalue weighted by atomic mass is 19.1. The monoisotopic (exact) mass is 348 g/mol. The molecule has 0 bridgehead atoms. The molecule has 2 aromatic carbocycles. The molecule has 132 valence electrons. The van der Waals surface area contributed by atoms with Gasteiger partial charge in [0.05, 0.1) is 12.7 Å². The number of benzene rings is 2. The van der Waals surface area contributed by atoms with Crippen molar-refractivity contribution in [2.24, 2.45) is 0 Å². The summed E-state index contributed by atoms with van der Waals surface area (Å²) >= 11 is 0. The average Bonchev–Trinajstić information content (AvgIpc) is 2.60. The van der Waals surface area contributed by atoms with Crippen molar-refractivity contribution < 1.29 is 23.1 Å². The largest absolute Gasteiger partial charge is 0.497 e. The van der Waals surface area contributed by atoms with Crippen LogP contribution in [0, 0.1) is 11.6 Å². The van der Waals surface area contributed by atoms with Crippen LogP contribution in [0.3, 0.4) is 0 Å². The molecule has 0 aromatic heterocycles. The van der Waals surface area contributed by atoms with Gasteiger partial charge in [-0.15, -0.1) is 0 Å². The van der Waals surface area contributed by atoms with Gasteiger partial charge < -0.3 is 15.4 Å². The lowest BCUT2D eigenvalue weighted by atomic mass is 10.2. The summed E-state index contributed by atoms with van der Waals surface area (Å²) in [6.45, 7) is 0.396. The summed E-state index contributed by atoms with van der Waals surface area (Å²) in [6, 6.07) is 9.94. The number of carbonyl (C=O) groups excluding carboxylic acids is 2. The van der Waals surface area contributed by atoms with Crippen LogP contribution in [0.25, 0.3) is 0 Å². The molecular weight excluding hydrogens is 330 g/mol. The first-order chi connectivity index (χ1) is 12.0. The van der Waals surface area contributed by atoms with Crippen molar-refractivity contribution in [3.05, 3.63) is 65.2 Å². The Balaban J connectivity index is 1.73. The summed E-state index contributed by atoms with van der Waals surface area (Å²) < 4.78 is 31.3. The standard InChI is InChI=1S/C18H18F2N2O3/c1-25-14-5-2-12(3-6-14)11-22-17(23)8-9-21-18(24)15-7-4-13(19)10-16(15)20/h2-7,10H,8-9,11H2,1H3,(H,21,24)(H,22,23). The zero-order chi connectivity index (χ0) is 18.2. The number of ether oxygens (including phenoxy) is 1. The van der Waals surface area contributed by atoms with Crippen molar-refractivity contribution in [3.63, 3.8) is 0 Å². The molecule has 2 aromatic rings. The molecule has 0 aliphatic carbocycles. The topological polar surface area (TPSA) is 67.4 Å². The second-order valence-electron chi connectivity index (χ2n) is 5.25. The average molecular weight is 348 g/mol. The second kappa shape index (κ2) is 8.77. The molecule has 7 heteroatoms. The first-order valence-electron chi connectivity index (χ1n) is 7.62. The third kappa shape index (κ3) is 5.56. The van der Waals surface area contributed by atoms with E-state index in [0.29, 0.717) is 12.6 Å². The van der Waals surface area contributed by atoms with Gasteiger partial charge in [-0.3, -0.25) is 9.59 Å². The van der Waals surface area contributed by atoms with Gasteiger partial charge in [0.25, 0.3) is 5.91 Å². The number of hydrogen-bond acceptors (Lipinski definition) is 3. The Morgan fingerprint density at radius 3 is 2.40 bits per heavy atom. The molecule has 0 unspecified atom stereocenters. The molecule has 0 radical (unpaired) electrons. The van der Waals surface area contributed by atoms with E-state index < -0.39 is 17.5 Å². The third-order valence-electron chi connectivity index (χ3n) is 3.46. The molecule has 0 aliphatic heterocycles. The molecule has 0 heterocycles. The number of amides is 2. The minimum Gasteiger partial charge on any atom is -0.497 e. The number of carbonyl (C=O) groups is 2. The smallest absolute Gasteiger partial charge is 0.254 e. The van der Waals surface area contributed by atoms with Crippen LogP contribution in [0.5, 0.6) is 5.75 Å². The van der Waals surface area contributed by atoms with Gasteiger partial charge in [-0.2, -0.15) is 0 Å². The van der Waals surface area contributed by atoms with Gasteiger partial charge in [0.1, 0.15) is 17.4 Å². The van der Waals surface area contributed by atoms with E-state index in [-0.39, 0.29) is 24.4 Å². The summed E-state index contributed by atoms with van der Waals surface area (Å²) in [5.41, 5.74) is 0.645. The SMILES string of the molecule is COc1ccc(CNC(=O)CCNC(=O)c2ccc(F)cc2F)cc1. The van der Waals surface area contributed by atoms with E-state index in [1.807, 2.05) is 12.1 Å². The fourth-order valence-electron chi connectivity index (χ4n) is 2.09. The van der Waals surface area contributed by atoms with Crippen molar-refractivity contribution in [1.29, 1.82) is 0 Å². The maximum Gasteiger partial charge on any atom is 0.254 e. The first-order valence-corrected chi connectivity index (χ1v) is 7.62. The van der Waals surface area contributed by atoms with E-state index in [0.717, 1.165) is 23.4 Å². The lowest BCUT2D eigenvalue weighted by molar-refractivity contribution is -0.121. The fourth-order valence-corrected chi connectivity index (χ4v) is 2.09. The third-order valence-corrected chi connectivity index (χ3v) is 3.46. The number of halogens is 2. The minimum atomic E-state index is -0.943. The van der Waals surface area contributed by atoms with E-state index >= 15 is 0 Å². The number of nitrogens with one attached hydrogen (secondary N) is 2. The molecule has 0 atom stereocenters. The van der Waals surface area contributed by atoms with Gasteiger partial charge in [0.15, 0.2) is 0 Å². The van der Waals surface area contributed by atoms with E-state index in [1.165, 1.54) is 0 Å². The Bertz CT molecular complexity index is 748. The van der Waals surface area contributed by atoms with Crippen molar-refractivity contribution in [2.75, 3.05) is 13.7 Å². The number of methoxy groups -OCH3 is 1. The molecule has 0 saturated carbocycles. The van der Waals surface area contributed by atoms with Gasteiger partial charge >= 0.3 is 0 Å². The molecule has 25 heavy (non-hydrogen) atoms. The van der Waals surface area contributed by atoms with E-state index in [9.17, 15) is 18.4 Å². The zero-order valence-electron chi connectivity index (χ0n) is 13.6. The lowest BCUT2D eigenvalue weighted by Gasteiger charge is -2.08. The van der Waals surface area contributed by atoms with Gasteiger partial charge in [-0.25, -0.2) is 8.78 Å². The molecular formula is C18H18F2N2O3. The van der Waals surface area contributed by atoms with E-state index in [2.05, 4.69) is 10.6 Å². The maximum atomic E-state index is 13.5. The van der Waals surface area contributed by atoms with Crippen molar-refractivity contribution >= 4 is 11.8 Å². The molecule has 0 saturated heterocycles. The zero-order valence-corrected chi connectivity index (χ0v) is 13.6. The van der Waals surface area contributed by atoms with Crippen LogP contribution in [-0.2, 0) is 11.3 Å². The summed E-state index contributed by atoms with van der Waals surface area (Å²) in [6.07, 6.45) is 0.0463. The highest BCUT2D eigenvalue weighted by Gasteiger charge is 2.12. The fraction of sp³-hybridized carbons (Fsp3) is 0.222. The van der Waals surface area contributed by atoms with Crippen LogP contribution < -0.4 is 15.4 Å². The lowest BCUT2D eigenvalue weighted by Crippen LogP contribution is -2.31. The Morgan fingerprint density at radius 2 is 1.76 bits per heavy atom. The van der Waals surface area contributed by atoms with E-state index in [1.54, 1.807) is 19.2 Å². The Hall–Kier alpha value is -2.96. The highest BCUT2D eigenvalue weighted by molar-refractivity contribution is 5.94. The molecule has 2 amide bonds. The van der Waals surface area contributed by atoms with Gasteiger partial charge in [0, 0.05) is 25.6 Å². The normalized spacial score (nSPS) is 10.2. The predicted molar refractivity (Wildman–Crippen MR) is 88.1 cm³/mol. The molecule has 0 fully saturated rings. The quantitative estimate of drug-likeness (QED) is 0.807. The Kier molecular flexibility index (Phi) is 6.45. The molecule has 5 nitrogen and oxygen atoms in total. The number of rotatable bonds is 7. The maximum absolute atomic E-state index is 13.5. The van der Waals surface area contributed by atoms with Crippen LogP contribution in [-0.4, -0.2) is 25.5 Å². The van der Waals surface area contributed by atoms with Crippen molar-refractivity contribution in [2.45, 2.75) is 13.0 Å². The van der Waals surface area contributed by atoms with Crippen LogP contribution >= 0.6 is 0 Å². The van der Waals surface area contributed by atoms with Crippen LogP contribution in [0.1, 0.15) is 22.3 Å². The predicted octanol–water partition coefficient (Wildman–Crippen LogP) is 2.41. The van der Waals surface area contributed by atoms with Gasteiger partial charge in [-0.05, 0) is 29.8 Å². The Morgan fingerprint density at radius 1 is 1.04 bits per heavy atom. The molecule has 0 spiro atoms. The summed E-state index contributed by atoms with van der Waals surface area (Å²) in [5.74, 6) is -1.92.